The summed E-state index contributed by atoms with van der Waals surface area (Å²) in [6.07, 6.45) is 1.74. The van der Waals surface area contributed by atoms with E-state index >= 15 is 0 Å². The second-order valence-corrected chi connectivity index (χ2v) is 2.77. The number of ether oxygens (including phenoxy) is 1. The van der Waals surface area contributed by atoms with Gasteiger partial charge in [0, 0.05) is 6.92 Å². The second-order valence-electron chi connectivity index (χ2n) is 2.77. The Labute approximate surface area is 77.8 Å². The minimum Gasteiger partial charge on any atom is -0.426 e. The van der Waals surface area contributed by atoms with Gasteiger partial charge in [0.05, 0.1) is 0 Å². The number of benzene rings is 1. The van der Waals surface area contributed by atoms with Crippen LogP contribution in [-0.2, 0) is 4.79 Å². The Morgan fingerprint density at radius 2 is 2.23 bits per heavy atom. The predicted molar refractivity (Wildman–Crippen MR) is 52.6 cm³/mol. The van der Waals surface area contributed by atoms with Crippen LogP contribution in [0.5, 0.6) is 5.75 Å². The molecule has 0 heterocycles. The lowest BCUT2D eigenvalue weighted by Gasteiger charge is -2.07. The van der Waals surface area contributed by atoms with Gasteiger partial charge < -0.3 is 4.74 Å². The van der Waals surface area contributed by atoms with Gasteiger partial charge in [0.1, 0.15) is 5.75 Å². The average molecular weight is 176 g/mol. The topological polar surface area (TPSA) is 26.3 Å². The van der Waals surface area contributed by atoms with Gasteiger partial charge >= 0.3 is 5.97 Å². The van der Waals surface area contributed by atoms with E-state index in [-0.39, 0.29) is 5.97 Å². The number of hydrogen-bond donors (Lipinski definition) is 0. The van der Waals surface area contributed by atoms with Gasteiger partial charge in [-0.3, -0.25) is 4.79 Å². The standard InChI is InChI=1S/C11H12O2/c1-4-10-6-5-7-11(8(10)2)13-9(3)12/h4-7H,1H2,2-3H3. The molecule has 0 unspecified atom stereocenters. The predicted octanol–water partition coefficient (Wildman–Crippen LogP) is 2.56. The lowest BCUT2D eigenvalue weighted by molar-refractivity contribution is -0.131. The first-order chi connectivity index (χ1) is 6.15. The highest BCUT2D eigenvalue weighted by Gasteiger charge is 2.03. The molecule has 0 amide bonds. The first-order valence-corrected chi connectivity index (χ1v) is 4.05. The van der Waals surface area contributed by atoms with Crippen molar-refractivity contribution in [2.45, 2.75) is 13.8 Å². The minimum atomic E-state index is -0.302. The summed E-state index contributed by atoms with van der Waals surface area (Å²) in [7, 11) is 0. The van der Waals surface area contributed by atoms with E-state index in [4.69, 9.17) is 4.74 Å². The molecule has 2 nitrogen and oxygen atoms in total. The van der Waals surface area contributed by atoms with Crippen molar-refractivity contribution < 1.29 is 9.53 Å². The highest BCUT2D eigenvalue weighted by molar-refractivity contribution is 5.70. The molecule has 0 aromatic heterocycles. The summed E-state index contributed by atoms with van der Waals surface area (Å²) in [5.41, 5.74) is 1.92. The van der Waals surface area contributed by atoms with Crippen LogP contribution in [0.4, 0.5) is 0 Å². The summed E-state index contributed by atoms with van der Waals surface area (Å²) < 4.78 is 5.00. The van der Waals surface area contributed by atoms with E-state index in [0.717, 1.165) is 11.1 Å². The number of hydrogen-bond acceptors (Lipinski definition) is 2. The van der Waals surface area contributed by atoms with Crippen LogP contribution in [0.2, 0.25) is 0 Å². The van der Waals surface area contributed by atoms with Crippen molar-refractivity contribution in [2.24, 2.45) is 0 Å². The molecule has 0 spiro atoms. The average Bonchev–Trinajstić information content (AvgIpc) is 2.08. The summed E-state index contributed by atoms with van der Waals surface area (Å²) in [6.45, 7) is 6.96. The highest BCUT2D eigenvalue weighted by atomic mass is 16.5. The molecule has 0 saturated heterocycles. The van der Waals surface area contributed by atoms with E-state index in [2.05, 4.69) is 6.58 Å². The van der Waals surface area contributed by atoms with E-state index in [9.17, 15) is 4.79 Å². The third-order valence-electron chi connectivity index (χ3n) is 1.80. The zero-order valence-electron chi connectivity index (χ0n) is 7.83. The van der Waals surface area contributed by atoms with Crippen LogP contribution < -0.4 is 4.74 Å². The van der Waals surface area contributed by atoms with Crippen molar-refractivity contribution in [1.82, 2.24) is 0 Å². The van der Waals surface area contributed by atoms with E-state index in [1.54, 1.807) is 12.1 Å². The zero-order valence-corrected chi connectivity index (χ0v) is 7.83. The molecule has 0 fully saturated rings. The Morgan fingerprint density at radius 3 is 2.77 bits per heavy atom. The van der Waals surface area contributed by atoms with Gasteiger partial charge in [0.25, 0.3) is 0 Å². The minimum absolute atomic E-state index is 0.302. The quantitative estimate of drug-likeness (QED) is 0.511. The Morgan fingerprint density at radius 1 is 1.54 bits per heavy atom. The van der Waals surface area contributed by atoms with Crippen molar-refractivity contribution in [2.75, 3.05) is 0 Å². The highest BCUT2D eigenvalue weighted by Crippen LogP contribution is 2.21. The lowest BCUT2D eigenvalue weighted by Crippen LogP contribution is -2.03. The van der Waals surface area contributed by atoms with Crippen LogP contribution in [0.15, 0.2) is 24.8 Å². The monoisotopic (exact) mass is 176 g/mol. The molecule has 1 aromatic carbocycles. The lowest BCUT2D eigenvalue weighted by atomic mass is 10.1. The molecule has 0 aliphatic heterocycles. The van der Waals surface area contributed by atoms with Crippen molar-refractivity contribution >= 4 is 12.0 Å². The fraction of sp³-hybridized carbons (Fsp3) is 0.182. The molecule has 0 atom stereocenters. The fourth-order valence-corrected chi connectivity index (χ4v) is 1.12. The SMILES string of the molecule is C=Cc1cccc(OC(C)=O)c1C. The molecule has 13 heavy (non-hydrogen) atoms. The number of carbonyl (C=O) groups is 1. The number of carbonyl (C=O) groups excluding carboxylic acids is 1. The molecule has 0 aliphatic rings. The van der Waals surface area contributed by atoms with E-state index in [0.29, 0.717) is 5.75 Å². The Bertz CT molecular complexity index is 340. The van der Waals surface area contributed by atoms with Gasteiger partial charge in [-0.25, -0.2) is 0 Å². The van der Waals surface area contributed by atoms with Crippen LogP contribution in [0, 0.1) is 6.92 Å². The Balaban J connectivity index is 3.07. The van der Waals surface area contributed by atoms with Gasteiger partial charge in [-0.15, -0.1) is 0 Å². The second kappa shape index (κ2) is 3.90. The van der Waals surface area contributed by atoms with Gasteiger partial charge in [-0.1, -0.05) is 24.8 Å². The van der Waals surface area contributed by atoms with E-state index in [1.165, 1.54) is 6.92 Å². The van der Waals surface area contributed by atoms with Crippen LogP contribution in [0.1, 0.15) is 18.1 Å². The summed E-state index contributed by atoms with van der Waals surface area (Å²) in [5, 5.41) is 0. The normalized spacial score (nSPS) is 9.38. The smallest absolute Gasteiger partial charge is 0.308 e. The number of esters is 1. The van der Waals surface area contributed by atoms with Crippen molar-refractivity contribution in [3.8, 4) is 5.75 Å². The maximum atomic E-state index is 10.7. The van der Waals surface area contributed by atoms with Crippen LogP contribution in [0.3, 0.4) is 0 Å². The fourth-order valence-electron chi connectivity index (χ4n) is 1.12. The molecule has 0 aliphatic carbocycles. The molecular formula is C11H12O2. The van der Waals surface area contributed by atoms with Crippen LogP contribution in [0.25, 0.3) is 6.08 Å². The molecule has 1 rings (SSSR count). The molecule has 0 saturated carbocycles. The van der Waals surface area contributed by atoms with Gasteiger partial charge in [-0.05, 0) is 24.1 Å². The third kappa shape index (κ3) is 2.18. The summed E-state index contributed by atoms with van der Waals surface area (Å²) >= 11 is 0. The maximum Gasteiger partial charge on any atom is 0.308 e. The molecular weight excluding hydrogens is 164 g/mol. The third-order valence-corrected chi connectivity index (χ3v) is 1.80. The molecule has 0 bridgehead atoms. The largest absolute Gasteiger partial charge is 0.426 e. The molecule has 0 radical (unpaired) electrons. The first kappa shape index (κ1) is 9.52. The van der Waals surface area contributed by atoms with Gasteiger partial charge in [0.15, 0.2) is 0 Å². The summed E-state index contributed by atoms with van der Waals surface area (Å²) in [5.74, 6) is 0.300. The van der Waals surface area contributed by atoms with Gasteiger partial charge in [-0.2, -0.15) is 0 Å². The Kier molecular flexibility index (Phi) is 2.85. The first-order valence-electron chi connectivity index (χ1n) is 4.05. The van der Waals surface area contributed by atoms with Crippen molar-refractivity contribution in [3.63, 3.8) is 0 Å². The Hall–Kier alpha value is -1.57. The summed E-state index contributed by atoms with van der Waals surface area (Å²) in [4.78, 5) is 10.7. The van der Waals surface area contributed by atoms with Crippen LogP contribution >= 0.6 is 0 Å². The molecule has 2 heteroatoms. The molecule has 1 aromatic rings. The van der Waals surface area contributed by atoms with Crippen LogP contribution in [-0.4, -0.2) is 5.97 Å². The zero-order chi connectivity index (χ0) is 9.84. The maximum absolute atomic E-state index is 10.7. The van der Waals surface area contributed by atoms with Crippen molar-refractivity contribution in [3.05, 3.63) is 35.9 Å². The van der Waals surface area contributed by atoms with E-state index < -0.39 is 0 Å². The number of rotatable bonds is 2. The van der Waals surface area contributed by atoms with E-state index in [1.807, 2.05) is 19.1 Å². The molecule has 0 N–H and O–H groups in total. The summed E-state index contributed by atoms with van der Waals surface area (Å²) in [6, 6.07) is 5.53. The van der Waals surface area contributed by atoms with Crippen molar-refractivity contribution in [1.29, 1.82) is 0 Å². The molecule has 68 valence electrons. The van der Waals surface area contributed by atoms with Gasteiger partial charge in [0.2, 0.25) is 0 Å².